The van der Waals surface area contributed by atoms with Gasteiger partial charge in [-0.15, -0.1) is 0 Å². The van der Waals surface area contributed by atoms with Crippen LogP contribution in [0.25, 0.3) is 0 Å². The van der Waals surface area contributed by atoms with Crippen molar-refractivity contribution in [2.45, 2.75) is 259 Å². The van der Waals surface area contributed by atoms with Crippen molar-refractivity contribution in [3.05, 3.63) is 0 Å². The highest BCUT2D eigenvalue weighted by atomic mass is 16.5. The van der Waals surface area contributed by atoms with Gasteiger partial charge in [0.15, 0.2) is 0 Å². The van der Waals surface area contributed by atoms with Crippen LogP contribution in [-0.2, 0) is 14.3 Å². The lowest BCUT2D eigenvalue weighted by Gasteiger charge is -2.32. The fourth-order valence-corrected chi connectivity index (χ4v) is 8.44. The maximum Gasteiger partial charge on any atom is 0.312 e. The molecule has 0 aromatic carbocycles. The van der Waals surface area contributed by atoms with Crippen LogP contribution in [0.3, 0.4) is 0 Å². The zero-order chi connectivity index (χ0) is 39.9. The van der Waals surface area contributed by atoms with Crippen LogP contribution < -0.4 is 5.32 Å². The maximum absolute atomic E-state index is 13.7. The van der Waals surface area contributed by atoms with E-state index in [1.54, 1.807) is 0 Å². The van der Waals surface area contributed by atoms with Gasteiger partial charge >= 0.3 is 11.9 Å². The summed E-state index contributed by atoms with van der Waals surface area (Å²) in [5, 5.41) is 23.3. The maximum atomic E-state index is 13.7. The number of hydrogen-bond donors (Lipinski definition) is 3. The largest absolute Gasteiger partial charge is 0.481 e. The lowest BCUT2D eigenvalue weighted by Crippen LogP contribution is -2.34. The Kier molecular flexibility index (Phi) is 37.9. The Balaban J connectivity index is 4.69. The van der Waals surface area contributed by atoms with E-state index in [-0.39, 0.29) is 18.0 Å². The standard InChI is InChI=1S/C48H95NO5/c1-5-9-13-17-19-27-36-47(45(51)52,35-25-15-11-7-3)37-28-21-23-31-41-49-42-32-24-22-30-40-48(38-26-16-12-8-4,39-29-20-18-14-10-6-2)46(53)54-44-34-33-43-50/h49-50H,5-44H2,1-4H3,(H,51,52). The van der Waals surface area contributed by atoms with Crippen molar-refractivity contribution in [3.8, 4) is 0 Å². The van der Waals surface area contributed by atoms with Gasteiger partial charge in [0.1, 0.15) is 0 Å². The number of aliphatic carboxylic acids is 1. The number of carboxylic acid groups (broad SMARTS) is 1. The number of nitrogens with one attached hydrogen (secondary N) is 1. The Hall–Kier alpha value is -1.14. The first kappa shape index (κ1) is 52.9. The third-order valence-electron chi connectivity index (χ3n) is 12.2. The lowest BCUT2D eigenvalue weighted by atomic mass is 9.74. The van der Waals surface area contributed by atoms with Crippen LogP contribution in [0, 0.1) is 10.8 Å². The molecule has 0 heterocycles. The molecule has 0 spiro atoms. The average molecular weight is 766 g/mol. The molecule has 2 atom stereocenters. The van der Waals surface area contributed by atoms with Gasteiger partial charge in [0.2, 0.25) is 0 Å². The number of rotatable bonds is 44. The fourth-order valence-electron chi connectivity index (χ4n) is 8.44. The molecule has 0 fully saturated rings. The van der Waals surface area contributed by atoms with Crippen LogP contribution in [0.2, 0.25) is 0 Å². The summed E-state index contributed by atoms with van der Waals surface area (Å²) in [6.07, 6.45) is 40.1. The van der Waals surface area contributed by atoms with E-state index < -0.39 is 11.4 Å². The fraction of sp³-hybridized carbons (Fsp3) is 0.958. The van der Waals surface area contributed by atoms with Crippen LogP contribution >= 0.6 is 0 Å². The SMILES string of the molecule is CCCCCCCCC(CCCCCC)(CCCCCCNCCCCCCC(CCCCCC)(CCCCCCCC)C(=O)OCCCCO)C(=O)O. The van der Waals surface area contributed by atoms with E-state index in [9.17, 15) is 19.8 Å². The van der Waals surface area contributed by atoms with Gasteiger partial charge in [-0.25, -0.2) is 0 Å². The van der Waals surface area contributed by atoms with Crippen LogP contribution in [0.5, 0.6) is 0 Å². The molecule has 3 N–H and O–H groups in total. The molecule has 0 bridgehead atoms. The Morgan fingerprint density at radius 1 is 0.426 bits per heavy atom. The summed E-state index contributed by atoms with van der Waals surface area (Å²) >= 11 is 0. The van der Waals surface area contributed by atoms with E-state index >= 15 is 0 Å². The molecule has 0 aliphatic carbocycles. The number of aliphatic hydroxyl groups is 1. The van der Waals surface area contributed by atoms with E-state index in [1.165, 1.54) is 116 Å². The monoisotopic (exact) mass is 766 g/mol. The van der Waals surface area contributed by atoms with Gasteiger partial charge in [-0.3, -0.25) is 9.59 Å². The molecule has 322 valence electrons. The zero-order valence-corrected chi connectivity index (χ0v) is 36.9. The summed E-state index contributed by atoms with van der Waals surface area (Å²) in [6.45, 7) is 11.6. The smallest absolute Gasteiger partial charge is 0.312 e. The molecule has 54 heavy (non-hydrogen) atoms. The molecule has 0 amide bonds. The molecular formula is C48H95NO5. The second-order valence-corrected chi connectivity index (χ2v) is 17.2. The van der Waals surface area contributed by atoms with Crippen molar-refractivity contribution in [1.29, 1.82) is 0 Å². The van der Waals surface area contributed by atoms with Gasteiger partial charge < -0.3 is 20.3 Å². The number of esters is 1. The van der Waals surface area contributed by atoms with Crippen LogP contribution in [-0.4, -0.2) is 48.5 Å². The Morgan fingerprint density at radius 3 is 1.09 bits per heavy atom. The van der Waals surface area contributed by atoms with Crippen LogP contribution in [0.1, 0.15) is 259 Å². The second-order valence-electron chi connectivity index (χ2n) is 17.2. The van der Waals surface area contributed by atoms with Crippen LogP contribution in [0.15, 0.2) is 0 Å². The van der Waals surface area contributed by atoms with Gasteiger partial charge in [-0.2, -0.15) is 0 Å². The third-order valence-corrected chi connectivity index (χ3v) is 12.2. The highest BCUT2D eigenvalue weighted by molar-refractivity contribution is 5.76. The number of hydrogen-bond acceptors (Lipinski definition) is 5. The molecule has 0 radical (unpaired) electrons. The molecule has 6 nitrogen and oxygen atoms in total. The molecule has 0 aromatic heterocycles. The van der Waals surface area contributed by atoms with Gasteiger partial charge in [0.05, 0.1) is 17.4 Å². The lowest BCUT2D eigenvalue weighted by molar-refractivity contribution is -0.158. The number of aliphatic hydroxyl groups excluding tert-OH is 1. The average Bonchev–Trinajstić information content (AvgIpc) is 3.17. The molecule has 2 unspecified atom stereocenters. The number of carbonyl (C=O) groups excluding carboxylic acids is 1. The molecule has 0 aliphatic heterocycles. The van der Waals surface area contributed by atoms with Gasteiger partial charge in [0.25, 0.3) is 0 Å². The summed E-state index contributed by atoms with van der Waals surface area (Å²) in [5.74, 6) is -0.510. The van der Waals surface area contributed by atoms with E-state index in [0.29, 0.717) is 13.0 Å². The minimum atomic E-state index is -0.543. The number of ether oxygens (including phenoxy) is 1. The topological polar surface area (TPSA) is 95.9 Å². The second kappa shape index (κ2) is 38.7. The Morgan fingerprint density at radius 2 is 0.741 bits per heavy atom. The Labute approximate surface area is 336 Å². The molecule has 0 saturated carbocycles. The summed E-state index contributed by atoms with van der Waals surface area (Å²) in [4.78, 5) is 26.3. The van der Waals surface area contributed by atoms with Crippen molar-refractivity contribution in [1.82, 2.24) is 5.32 Å². The molecule has 0 rings (SSSR count). The number of unbranched alkanes of at least 4 members (excludes halogenated alkanes) is 23. The predicted octanol–water partition coefficient (Wildman–Crippen LogP) is 14.3. The summed E-state index contributed by atoms with van der Waals surface area (Å²) in [5.41, 5.74) is -0.857. The van der Waals surface area contributed by atoms with Crippen molar-refractivity contribution < 1.29 is 24.5 Å². The molecule has 0 aliphatic rings. The van der Waals surface area contributed by atoms with Crippen molar-refractivity contribution >= 4 is 11.9 Å². The molecular weight excluding hydrogens is 671 g/mol. The van der Waals surface area contributed by atoms with Crippen molar-refractivity contribution in [2.75, 3.05) is 26.3 Å². The highest BCUT2D eigenvalue weighted by Crippen LogP contribution is 2.40. The number of carboxylic acids is 1. The molecule has 6 heteroatoms. The minimum absolute atomic E-state index is 0.0330. The quantitative estimate of drug-likeness (QED) is 0.0422. The first-order valence-corrected chi connectivity index (χ1v) is 24.1. The molecule has 0 saturated heterocycles. The summed E-state index contributed by atoms with van der Waals surface area (Å²) < 4.78 is 5.91. The van der Waals surface area contributed by atoms with Gasteiger partial charge in [-0.05, 0) is 77.3 Å². The van der Waals surface area contributed by atoms with E-state index in [1.807, 2.05) is 0 Å². The first-order valence-electron chi connectivity index (χ1n) is 24.1. The number of carbonyl (C=O) groups is 2. The van der Waals surface area contributed by atoms with Gasteiger partial charge in [0, 0.05) is 6.61 Å². The van der Waals surface area contributed by atoms with Crippen molar-refractivity contribution in [2.24, 2.45) is 10.8 Å². The first-order chi connectivity index (χ1) is 26.4. The van der Waals surface area contributed by atoms with Crippen LogP contribution in [0.4, 0.5) is 0 Å². The van der Waals surface area contributed by atoms with E-state index in [2.05, 4.69) is 33.0 Å². The third kappa shape index (κ3) is 28.3. The summed E-state index contributed by atoms with van der Waals surface area (Å²) in [6, 6.07) is 0. The van der Waals surface area contributed by atoms with Crippen molar-refractivity contribution in [3.63, 3.8) is 0 Å². The zero-order valence-electron chi connectivity index (χ0n) is 36.9. The normalized spacial score (nSPS) is 13.9. The predicted molar refractivity (Wildman–Crippen MR) is 232 cm³/mol. The highest BCUT2D eigenvalue weighted by Gasteiger charge is 2.38. The van der Waals surface area contributed by atoms with E-state index in [4.69, 9.17) is 4.74 Å². The minimum Gasteiger partial charge on any atom is -0.481 e. The summed E-state index contributed by atoms with van der Waals surface area (Å²) in [7, 11) is 0. The van der Waals surface area contributed by atoms with E-state index in [0.717, 1.165) is 122 Å². The van der Waals surface area contributed by atoms with Gasteiger partial charge in [-0.1, -0.05) is 195 Å². The molecule has 0 aromatic rings. The Bertz CT molecular complexity index is 821.